The van der Waals surface area contributed by atoms with Gasteiger partial charge in [0.1, 0.15) is 28.6 Å². The van der Waals surface area contributed by atoms with E-state index in [0.717, 1.165) is 16.7 Å². The fourth-order valence-corrected chi connectivity index (χ4v) is 2.96. The highest BCUT2D eigenvalue weighted by Crippen LogP contribution is 2.25. The zero-order chi connectivity index (χ0) is 19.8. The van der Waals surface area contributed by atoms with E-state index in [-0.39, 0.29) is 17.6 Å². The topological polar surface area (TPSA) is 91.0 Å². The van der Waals surface area contributed by atoms with E-state index in [0.29, 0.717) is 10.3 Å². The Labute approximate surface area is 157 Å². The maximum Gasteiger partial charge on any atom is 0.573 e. The number of rotatable bonds is 4. The molecule has 2 heterocycles. The maximum absolute atomic E-state index is 12.5. The van der Waals surface area contributed by atoms with Crippen molar-refractivity contribution in [2.75, 3.05) is 5.32 Å². The predicted molar refractivity (Wildman–Crippen MR) is 92.2 cm³/mol. The Balaban J connectivity index is 1.78. The molecule has 0 fully saturated rings. The Morgan fingerprint density at radius 1 is 1.37 bits per heavy atom. The van der Waals surface area contributed by atoms with Crippen molar-refractivity contribution in [2.45, 2.75) is 12.9 Å². The summed E-state index contributed by atoms with van der Waals surface area (Å²) in [5, 5.41) is 6.65. The van der Waals surface area contributed by atoms with E-state index in [1.165, 1.54) is 23.1 Å². The average Bonchev–Trinajstić information content (AvgIpc) is 2.83. The molecule has 27 heavy (non-hydrogen) atoms. The predicted octanol–water partition coefficient (Wildman–Crippen LogP) is 2.43. The van der Waals surface area contributed by atoms with Crippen molar-refractivity contribution in [1.82, 2.24) is 19.3 Å². The first-order chi connectivity index (χ1) is 12.6. The zero-order valence-corrected chi connectivity index (χ0v) is 15.2. The van der Waals surface area contributed by atoms with Gasteiger partial charge in [-0.2, -0.15) is 5.10 Å². The molecule has 0 aliphatic heterocycles. The number of ether oxygens (including phenoxy) is 1. The molecule has 1 aromatic carbocycles. The lowest BCUT2D eigenvalue weighted by atomic mass is 10.3. The number of anilines is 1. The average molecular weight is 446 g/mol. The second kappa shape index (κ2) is 7.02. The molecular weight excluding hydrogens is 435 g/mol. The normalized spacial score (nSPS) is 11.6. The van der Waals surface area contributed by atoms with Gasteiger partial charge in [0.15, 0.2) is 5.65 Å². The molecule has 0 spiro atoms. The Hall–Kier alpha value is -2.89. The van der Waals surface area contributed by atoms with Crippen LogP contribution in [0, 0.1) is 0 Å². The molecule has 0 atom stereocenters. The van der Waals surface area contributed by atoms with Crippen LogP contribution in [0.2, 0.25) is 0 Å². The Kier molecular flexibility index (Phi) is 4.91. The smallest absolute Gasteiger partial charge is 0.406 e. The number of fused-ring (bicyclic) bond motifs is 1. The zero-order valence-electron chi connectivity index (χ0n) is 13.6. The number of carbonyl (C=O) groups is 1. The lowest BCUT2D eigenvalue weighted by molar-refractivity contribution is -0.274. The number of alkyl halides is 3. The third-order valence-electron chi connectivity index (χ3n) is 3.43. The molecule has 0 unspecified atom stereocenters. The Bertz CT molecular complexity index is 1080. The molecule has 0 radical (unpaired) electrons. The first-order valence-corrected chi connectivity index (χ1v) is 8.16. The van der Waals surface area contributed by atoms with Crippen LogP contribution < -0.4 is 15.6 Å². The van der Waals surface area contributed by atoms with E-state index in [4.69, 9.17) is 0 Å². The highest BCUT2D eigenvalue weighted by Gasteiger charge is 2.31. The number of aromatic nitrogens is 4. The van der Waals surface area contributed by atoms with Gasteiger partial charge in [-0.05, 0) is 28.1 Å². The van der Waals surface area contributed by atoms with Gasteiger partial charge in [-0.15, -0.1) is 13.2 Å². The van der Waals surface area contributed by atoms with Gasteiger partial charge in [0.25, 0.3) is 5.56 Å². The summed E-state index contributed by atoms with van der Waals surface area (Å²) < 4.78 is 43.4. The van der Waals surface area contributed by atoms with Crippen LogP contribution in [-0.2, 0) is 18.4 Å². The van der Waals surface area contributed by atoms with E-state index < -0.39 is 23.6 Å². The molecule has 12 heteroatoms. The molecule has 1 amide bonds. The van der Waals surface area contributed by atoms with Crippen LogP contribution >= 0.6 is 15.9 Å². The van der Waals surface area contributed by atoms with Gasteiger partial charge in [-0.1, -0.05) is 6.07 Å². The molecule has 0 aliphatic rings. The summed E-state index contributed by atoms with van der Waals surface area (Å²) >= 11 is 3.16. The highest BCUT2D eigenvalue weighted by atomic mass is 79.9. The number of halogens is 4. The molecule has 2 aromatic heterocycles. The van der Waals surface area contributed by atoms with Gasteiger partial charge in [0.05, 0.1) is 0 Å². The van der Waals surface area contributed by atoms with Crippen LogP contribution in [0.1, 0.15) is 0 Å². The number of aryl methyl sites for hydroxylation is 1. The first-order valence-electron chi connectivity index (χ1n) is 7.37. The fourth-order valence-electron chi connectivity index (χ4n) is 2.37. The largest absolute Gasteiger partial charge is 0.573 e. The molecule has 0 saturated heterocycles. The fraction of sp³-hybridized carbons (Fsp3) is 0.200. The van der Waals surface area contributed by atoms with Crippen molar-refractivity contribution in [3.8, 4) is 5.75 Å². The quantitative estimate of drug-likeness (QED) is 0.665. The summed E-state index contributed by atoms with van der Waals surface area (Å²) in [6.07, 6.45) is -3.64. The van der Waals surface area contributed by atoms with Crippen molar-refractivity contribution < 1.29 is 22.7 Å². The summed E-state index contributed by atoms with van der Waals surface area (Å²) in [5.74, 6) is -1.10. The minimum Gasteiger partial charge on any atom is -0.406 e. The van der Waals surface area contributed by atoms with Crippen LogP contribution in [0.4, 0.5) is 18.9 Å². The van der Waals surface area contributed by atoms with Crippen molar-refractivity contribution in [3.63, 3.8) is 0 Å². The Morgan fingerprint density at radius 3 is 2.81 bits per heavy atom. The van der Waals surface area contributed by atoms with Gasteiger partial charge in [-0.3, -0.25) is 14.2 Å². The Morgan fingerprint density at radius 2 is 2.11 bits per heavy atom. The number of carbonyl (C=O) groups excluding carboxylic acids is 1. The first kappa shape index (κ1) is 18.9. The van der Waals surface area contributed by atoms with Crippen LogP contribution in [-0.4, -0.2) is 31.6 Å². The molecule has 3 aromatic rings. The third-order valence-corrected chi connectivity index (χ3v) is 3.99. The van der Waals surface area contributed by atoms with Gasteiger partial charge in [0, 0.05) is 18.8 Å². The van der Waals surface area contributed by atoms with Gasteiger partial charge < -0.3 is 10.1 Å². The molecule has 0 bridgehead atoms. The monoisotopic (exact) mass is 445 g/mol. The van der Waals surface area contributed by atoms with Gasteiger partial charge >= 0.3 is 6.36 Å². The maximum atomic E-state index is 12.5. The van der Waals surface area contributed by atoms with E-state index in [1.54, 1.807) is 7.05 Å². The van der Waals surface area contributed by atoms with Crippen molar-refractivity contribution >= 4 is 38.6 Å². The molecule has 0 aliphatic carbocycles. The number of amides is 1. The minimum absolute atomic E-state index is 0.0893. The number of nitrogens with one attached hydrogen (secondary N) is 1. The highest BCUT2D eigenvalue weighted by molar-refractivity contribution is 9.10. The molecule has 1 N–H and O–H groups in total. The molecule has 142 valence electrons. The second-order valence-electron chi connectivity index (χ2n) is 5.41. The van der Waals surface area contributed by atoms with Crippen LogP contribution in [0.25, 0.3) is 11.0 Å². The van der Waals surface area contributed by atoms with E-state index in [1.807, 2.05) is 0 Å². The standard InChI is InChI=1S/C15H11BrF3N5O3/c1-23-13-11(12(16)22-23)14(26)24(7-20-13)6-10(25)21-8-3-2-4-9(5-8)27-15(17,18)19/h2-5,7H,6H2,1H3,(H,21,25). The molecule has 8 nitrogen and oxygen atoms in total. The second-order valence-corrected chi connectivity index (χ2v) is 6.17. The molecular formula is C15H11BrF3N5O3. The minimum atomic E-state index is -4.84. The number of nitrogens with zero attached hydrogens (tertiary/aromatic N) is 4. The van der Waals surface area contributed by atoms with Crippen molar-refractivity contribution in [3.05, 3.63) is 45.5 Å². The third kappa shape index (κ3) is 4.27. The van der Waals surface area contributed by atoms with Crippen LogP contribution in [0.15, 0.2) is 40.0 Å². The number of hydrogen-bond donors (Lipinski definition) is 1. The summed E-state index contributed by atoms with van der Waals surface area (Å²) in [7, 11) is 1.62. The molecule has 0 saturated carbocycles. The summed E-state index contributed by atoms with van der Waals surface area (Å²) in [6, 6.07) is 4.81. The van der Waals surface area contributed by atoms with E-state index in [2.05, 4.69) is 36.1 Å². The van der Waals surface area contributed by atoms with Gasteiger partial charge in [0.2, 0.25) is 5.91 Å². The van der Waals surface area contributed by atoms with Gasteiger partial charge in [-0.25, -0.2) is 9.67 Å². The summed E-state index contributed by atoms with van der Waals surface area (Å²) in [4.78, 5) is 28.7. The number of benzene rings is 1. The summed E-state index contributed by atoms with van der Waals surface area (Å²) in [5.41, 5.74) is -0.0452. The van der Waals surface area contributed by atoms with E-state index in [9.17, 15) is 22.8 Å². The SMILES string of the molecule is Cn1nc(Br)c2c(=O)n(CC(=O)Nc3cccc(OC(F)(F)F)c3)cnc21. The van der Waals surface area contributed by atoms with Crippen LogP contribution in [0.3, 0.4) is 0 Å². The number of hydrogen-bond acceptors (Lipinski definition) is 5. The van der Waals surface area contributed by atoms with Crippen molar-refractivity contribution in [2.24, 2.45) is 7.05 Å². The molecule has 3 rings (SSSR count). The lowest BCUT2D eigenvalue weighted by Crippen LogP contribution is -2.28. The van der Waals surface area contributed by atoms with Crippen molar-refractivity contribution in [1.29, 1.82) is 0 Å². The van der Waals surface area contributed by atoms with E-state index >= 15 is 0 Å². The summed E-state index contributed by atoms with van der Waals surface area (Å²) in [6.45, 7) is -0.381. The lowest BCUT2D eigenvalue weighted by Gasteiger charge is -2.11. The van der Waals surface area contributed by atoms with Crippen LogP contribution in [0.5, 0.6) is 5.75 Å².